The smallest absolute Gasteiger partial charge is 0.124 e. The zero-order valence-electron chi connectivity index (χ0n) is 13.7. The lowest BCUT2D eigenvalue weighted by Gasteiger charge is -2.19. The van der Waals surface area contributed by atoms with Crippen LogP contribution in [-0.4, -0.2) is 29.0 Å². The molecule has 120 valence electrons. The maximum atomic E-state index is 10.3. The summed E-state index contributed by atoms with van der Waals surface area (Å²) < 4.78 is 5.28. The molecule has 2 aromatic rings. The number of methoxy groups -OCH3 is 1. The minimum atomic E-state index is -0.610. The minimum Gasteiger partial charge on any atom is -0.496 e. The van der Waals surface area contributed by atoms with Crippen molar-refractivity contribution in [1.82, 2.24) is 15.5 Å². The van der Waals surface area contributed by atoms with Crippen LogP contribution in [0.3, 0.4) is 0 Å². The molecule has 0 amide bonds. The van der Waals surface area contributed by atoms with Crippen molar-refractivity contribution in [2.24, 2.45) is 0 Å². The summed E-state index contributed by atoms with van der Waals surface area (Å²) in [4.78, 5) is 0. The van der Waals surface area contributed by atoms with Crippen molar-refractivity contribution < 1.29 is 9.84 Å². The molecule has 1 aromatic carbocycles. The van der Waals surface area contributed by atoms with E-state index in [0.717, 1.165) is 16.8 Å². The van der Waals surface area contributed by atoms with E-state index in [1.807, 2.05) is 30.5 Å². The Balaban J connectivity index is 1.95. The number of aliphatic hydroxyl groups excluding tert-OH is 1. The molecule has 0 aliphatic rings. The quantitative estimate of drug-likeness (QED) is 0.767. The second-order valence-electron chi connectivity index (χ2n) is 6.41. The number of H-pyrrole nitrogens is 1. The van der Waals surface area contributed by atoms with Crippen LogP contribution in [0.2, 0.25) is 0 Å². The van der Waals surface area contributed by atoms with Gasteiger partial charge in [-0.3, -0.25) is 5.10 Å². The fraction of sp³-hybridized carbons (Fsp3) is 0.471. The number of hydrogen-bond acceptors (Lipinski definition) is 4. The maximum Gasteiger partial charge on any atom is 0.124 e. The number of hydrogen-bond donors (Lipinski definition) is 3. The van der Waals surface area contributed by atoms with Crippen molar-refractivity contribution in [2.75, 3.05) is 13.7 Å². The van der Waals surface area contributed by atoms with E-state index in [1.165, 1.54) is 0 Å². The number of aromatic amines is 1. The molecule has 3 N–H and O–H groups in total. The summed E-state index contributed by atoms with van der Waals surface area (Å²) in [5.41, 5.74) is 3.06. The van der Waals surface area contributed by atoms with Crippen molar-refractivity contribution >= 4 is 0 Å². The average molecular weight is 303 g/mol. The molecule has 0 radical (unpaired) electrons. The first-order valence-electron chi connectivity index (χ1n) is 7.48. The van der Waals surface area contributed by atoms with Crippen LogP contribution in [0.4, 0.5) is 0 Å². The topological polar surface area (TPSA) is 70.2 Å². The first-order chi connectivity index (χ1) is 10.4. The van der Waals surface area contributed by atoms with Gasteiger partial charge in [-0.1, -0.05) is 39.0 Å². The fourth-order valence-corrected chi connectivity index (χ4v) is 2.49. The molecule has 0 spiro atoms. The lowest BCUT2D eigenvalue weighted by Crippen LogP contribution is -2.23. The summed E-state index contributed by atoms with van der Waals surface area (Å²) in [6.45, 7) is 7.56. The molecule has 0 aliphatic heterocycles. The first kappa shape index (κ1) is 16.5. The molecule has 0 fully saturated rings. The summed E-state index contributed by atoms with van der Waals surface area (Å²) in [5, 5.41) is 20.8. The molecule has 2 rings (SSSR count). The van der Waals surface area contributed by atoms with E-state index < -0.39 is 6.10 Å². The Morgan fingerprint density at radius 3 is 2.73 bits per heavy atom. The number of aliphatic hydroxyl groups is 1. The average Bonchev–Trinajstić information content (AvgIpc) is 2.95. The lowest BCUT2D eigenvalue weighted by atomic mass is 9.89. The Bertz CT molecular complexity index is 602. The van der Waals surface area contributed by atoms with Gasteiger partial charge in [-0.15, -0.1) is 0 Å². The van der Waals surface area contributed by atoms with E-state index >= 15 is 0 Å². The lowest BCUT2D eigenvalue weighted by molar-refractivity contribution is 0.170. The maximum absolute atomic E-state index is 10.3. The molecule has 0 saturated carbocycles. The van der Waals surface area contributed by atoms with Gasteiger partial charge in [0.15, 0.2) is 0 Å². The van der Waals surface area contributed by atoms with Crippen LogP contribution in [0.25, 0.3) is 0 Å². The number of nitrogens with one attached hydrogen (secondary N) is 2. The normalized spacial score (nSPS) is 13.1. The van der Waals surface area contributed by atoms with E-state index in [1.54, 1.807) is 7.11 Å². The van der Waals surface area contributed by atoms with Gasteiger partial charge in [0.2, 0.25) is 0 Å². The fourth-order valence-electron chi connectivity index (χ4n) is 2.49. The van der Waals surface area contributed by atoms with Crippen LogP contribution in [0.5, 0.6) is 5.75 Å². The van der Waals surface area contributed by atoms with Gasteiger partial charge in [-0.25, -0.2) is 0 Å². The molecule has 1 aromatic heterocycles. The van der Waals surface area contributed by atoms with Gasteiger partial charge < -0.3 is 15.2 Å². The van der Waals surface area contributed by atoms with Crippen LogP contribution in [0.15, 0.2) is 30.5 Å². The van der Waals surface area contributed by atoms with E-state index in [2.05, 4.69) is 36.3 Å². The Morgan fingerprint density at radius 1 is 1.32 bits per heavy atom. The molecule has 1 heterocycles. The molecule has 22 heavy (non-hydrogen) atoms. The van der Waals surface area contributed by atoms with Gasteiger partial charge in [0, 0.05) is 35.3 Å². The van der Waals surface area contributed by atoms with Crippen molar-refractivity contribution in [2.45, 2.75) is 38.8 Å². The number of para-hydroxylation sites is 1. The summed E-state index contributed by atoms with van der Waals surface area (Å²) in [5.74, 6) is 0.704. The van der Waals surface area contributed by atoms with Gasteiger partial charge in [0.05, 0.1) is 19.4 Å². The molecule has 0 saturated heterocycles. The summed E-state index contributed by atoms with van der Waals surface area (Å²) >= 11 is 0. The van der Waals surface area contributed by atoms with E-state index in [9.17, 15) is 5.11 Å². The summed E-state index contributed by atoms with van der Waals surface area (Å²) in [6.07, 6.45) is 1.23. The van der Waals surface area contributed by atoms with Gasteiger partial charge in [0.25, 0.3) is 0 Å². The number of ether oxygens (including phenoxy) is 1. The van der Waals surface area contributed by atoms with Crippen LogP contribution >= 0.6 is 0 Å². The number of rotatable bonds is 6. The second kappa shape index (κ2) is 6.94. The standard InChI is InChI=1S/C17H25N3O2/c1-17(2,3)16-12(10-19-20-16)9-18-11-14(21)13-7-5-6-8-15(13)22-4/h5-8,10,14,18,21H,9,11H2,1-4H3,(H,19,20)/t14-/m0/s1. The SMILES string of the molecule is COc1ccccc1[C@@H](O)CNCc1cn[nH]c1C(C)(C)C. The van der Waals surface area contributed by atoms with Gasteiger partial charge in [0.1, 0.15) is 5.75 Å². The summed E-state index contributed by atoms with van der Waals surface area (Å²) in [6, 6.07) is 7.52. The van der Waals surface area contributed by atoms with Crippen LogP contribution < -0.4 is 10.1 Å². The molecular formula is C17H25N3O2. The number of aromatic nitrogens is 2. The Morgan fingerprint density at radius 2 is 2.05 bits per heavy atom. The Hall–Kier alpha value is -1.85. The third-order valence-corrected chi connectivity index (χ3v) is 3.62. The highest BCUT2D eigenvalue weighted by molar-refractivity contribution is 5.35. The van der Waals surface area contributed by atoms with Crippen molar-refractivity contribution in [3.8, 4) is 5.75 Å². The van der Waals surface area contributed by atoms with Crippen LogP contribution in [0.1, 0.15) is 43.7 Å². The monoisotopic (exact) mass is 303 g/mol. The van der Waals surface area contributed by atoms with E-state index in [-0.39, 0.29) is 5.41 Å². The highest BCUT2D eigenvalue weighted by atomic mass is 16.5. The van der Waals surface area contributed by atoms with E-state index in [4.69, 9.17) is 4.74 Å². The van der Waals surface area contributed by atoms with Crippen molar-refractivity contribution in [3.05, 3.63) is 47.3 Å². The zero-order valence-corrected chi connectivity index (χ0v) is 13.7. The highest BCUT2D eigenvalue weighted by Gasteiger charge is 2.20. The van der Waals surface area contributed by atoms with Gasteiger partial charge >= 0.3 is 0 Å². The van der Waals surface area contributed by atoms with Gasteiger partial charge in [-0.05, 0) is 6.07 Å². The third kappa shape index (κ3) is 3.87. The molecule has 0 aliphatic carbocycles. The molecule has 5 heteroatoms. The van der Waals surface area contributed by atoms with Crippen molar-refractivity contribution in [3.63, 3.8) is 0 Å². The van der Waals surface area contributed by atoms with E-state index in [0.29, 0.717) is 18.8 Å². The van der Waals surface area contributed by atoms with Crippen LogP contribution in [0, 0.1) is 0 Å². The van der Waals surface area contributed by atoms with Crippen molar-refractivity contribution in [1.29, 1.82) is 0 Å². The molecular weight excluding hydrogens is 278 g/mol. The molecule has 0 bridgehead atoms. The largest absolute Gasteiger partial charge is 0.496 e. The third-order valence-electron chi connectivity index (χ3n) is 3.62. The Kier molecular flexibility index (Phi) is 5.21. The minimum absolute atomic E-state index is 0.0226. The predicted molar refractivity (Wildman–Crippen MR) is 86.9 cm³/mol. The number of nitrogens with zero attached hydrogens (tertiary/aromatic N) is 1. The van der Waals surface area contributed by atoms with Gasteiger partial charge in [-0.2, -0.15) is 5.10 Å². The van der Waals surface area contributed by atoms with Crippen LogP contribution in [-0.2, 0) is 12.0 Å². The Labute approximate surface area is 131 Å². The second-order valence-corrected chi connectivity index (χ2v) is 6.41. The molecule has 1 atom stereocenters. The molecule has 0 unspecified atom stereocenters. The predicted octanol–water partition coefficient (Wildman–Crippen LogP) is 2.54. The summed E-state index contributed by atoms with van der Waals surface area (Å²) in [7, 11) is 1.61. The highest BCUT2D eigenvalue weighted by Crippen LogP contribution is 2.25. The zero-order chi connectivity index (χ0) is 16.2. The number of benzene rings is 1. The molecule has 5 nitrogen and oxygen atoms in total. The first-order valence-corrected chi connectivity index (χ1v) is 7.48.